The number of benzene rings is 1. The van der Waals surface area contributed by atoms with Crippen LogP contribution in [0.3, 0.4) is 0 Å². The van der Waals surface area contributed by atoms with Crippen LogP contribution in [0.15, 0.2) is 41.2 Å². The number of aromatic amines is 2. The second kappa shape index (κ2) is 6.12. The number of carbonyl (C=O) groups is 1. The van der Waals surface area contributed by atoms with E-state index in [0.717, 1.165) is 5.56 Å². The van der Waals surface area contributed by atoms with E-state index in [9.17, 15) is 9.59 Å². The molecule has 20 heavy (non-hydrogen) atoms. The van der Waals surface area contributed by atoms with Crippen LogP contribution in [0.25, 0.3) is 11.6 Å². The summed E-state index contributed by atoms with van der Waals surface area (Å²) in [5.41, 5.74) is 0.976. The monoisotopic (exact) mass is 288 g/mol. The van der Waals surface area contributed by atoms with Gasteiger partial charge < -0.3 is 9.72 Å². The lowest BCUT2D eigenvalue weighted by atomic mass is 10.1. The van der Waals surface area contributed by atoms with E-state index in [1.165, 1.54) is 13.2 Å². The van der Waals surface area contributed by atoms with Crippen molar-refractivity contribution in [1.29, 1.82) is 0 Å². The molecule has 0 aliphatic heterocycles. The topological polar surface area (TPSA) is 75.0 Å². The Kier molecular flexibility index (Phi) is 4.27. The molecule has 0 spiro atoms. The van der Waals surface area contributed by atoms with E-state index in [1.807, 2.05) is 30.3 Å². The Hall–Kier alpha value is -2.47. The summed E-state index contributed by atoms with van der Waals surface area (Å²) >= 11 is 4.90. The van der Waals surface area contributed by atoms with Gasteiger partial charge in [-0.2, -0.15) is 0 Å². The lowest BCUT2D eigenvalue weighted by molar-refractivity contribution is -0.133. The number of aromatic nitrogens is 2. The summed E-state index contributed by atoms with van der Waals surface area (Å²) in [6.45, 7) is 0. The molecule has 0 aliphatic carbocycles. The molecule has 0 fully saturated rings. The second-order valence-electron chi connectivity index (χ2n) is 3.96. The van der Waals surface area contributed by atoms with Gasteiger partial charge in [0.15, 0.2) is 4.77 Å². The summed E-state index contributed by atoms with van der Waals surface area (Å²) in [7, 11) is 1.28. The average molecular weight is 288 g/mol. The zero-order chi connectivity index (χ0) is 14.5. The summed E-state index contributed by atoms with van der Waals surface area (Å²) in [5, 5.41) is 0. The Morgan fingerprint density at radius 3 is 2.55 bits per heavy atom. The Morgan fingerprint density at radius 1 is 1.25 bits per heavy atom. The number of hydrogen-bond acceptors (Lipinski definition) is 4. The van der Waals surface area contributed by atoms with Crippen molar-refractivity contribution in [3.05, 3.63) is 62.8 Å². The van der Waals surface area contributed by atoms with Crippen LogP contribution in [0.5, 0.6) is 0 Å². The van der Waals surface area contributed by atoms with Gasteiger partial charge in [-0.05, 0) is 23.9 Å². The molecule has 1 aromatic carbocycles. The van der Waals surface area contributed by atoms with Gasteiger partial charge in [0.05, 0.1) is 18.4 Å². The molecule has 2 rings (SSSR count). The highest BCUT2D eigenvalue weighted by Gasteiger charge is 2.14. The number of rotatable bonds is 3. The molecule has 0 radical (unpaired) electrons. The van der Waals surface area contributed by atoms with Crippen LogP contribution in [0.2, 0.25) is 0 Å². The molecule has 2 aromatic rings. The maximum atomic E-state index is 11.9. The van der Waals surface area contributed by atoms with Crippen LogP contribution < -0.4 is 5.56 Å². The van der Waals surface area contributed by atoms with Gasteiger partial charge in [0.1, 0.15) is 0 Å². The molecule has 5 nitrogen and oxygen atoms in total. The number of ether oxygens (including phenoxy) is 1. The van der Waals surface area contributed by atoms with Crippen molar-refractivity contribution in [2.45, 2.75) is 0 Å². The molecule has 0 saturated carbocycles. The van der Waals surface area contributed by atoms with Gasteiger partial charge in [0, 0.05) is 6.07 Å². The van der Waals surface area contributed by atoms with E-state index in [1.54, 1.807) is 6.08 Å². The zero-order valence-corrected chi connectivity index (χ0v) is 11.5. The molecule has 0 saturated heterocycles. The molecule has 1 aromatic heterocycles. The summed E-state index contributed by atoms with van der Waals surface area (Å²) in [5.74, 6) is -0.551. The Bertz CT molecular complexity index is 731. The quantitative estimate of drug-likeness (QED) is 0.515. The van der Waals surface area contributed by atoms with Crippen molar-refractivity contribution < 1.29 is 9.53 Å². The standard InChI is InChI=1S/C14H12N2O3S/c1-19-13(18)10(7-9-5-3-2-4-6-9)11-8-12(17)16-14(20)15-11/h2-8H,1H3,(H2,15,16,17,20)/b10-7-. The number of esters is 1. The molecule has 6 heteroatoms. The molecular formula is C14H12N2O3S. The van der Waals surface area contributed by atoms with E-state index in [-0.39, 0.29) is 15.9 Å². The predicted octanol–water partition coefficient (Wildman–Crippen LogP) is 2.15. The molecule has 0 unspecified atom stereocenters. The van der Waals surface area contributed by atoms with Gasteiger partial charge in [-0.15, -0.1) is 0 Å². The van der Waals surface area contributed by atoms with Gasteiger partial charge in [0.2, 0.25) is 0 Å². The van der Waals surface area contributed by atoms with Crippen LogP contribution in [-0.4, -0.2) is 23.0 Å². The molecule has 0 atom stereocenters. The Labute approximate surface area is 119 Å². The van der Waals surface area contributed by atoms with E-state index in [2.05, 4.69) is 9.97 Å². The summed E-state index contributed by atoms with van der Waals surface area (Å²) in [4.78, 5) is 28.5. The molecule has 1 heterocycles. The highest BCUT2D eigenvalue weighted by molar-refractivity contribution is 7.71. The third-order valence-corrected chi connectivity index (χ3v) is 2.77. The van der Waals surface area contributed by atoms with Crippen LogP contribution in [0.4, 0.5) is 0 Å². The number of methoxy groups -OCH3 is 1. The van der Waals surface area contributed by atoms with E-state index >= 15 is 0 Å². The highest BCUT2D eigenvalue weighted by Crippen LogP contribution is 2.16. The van der Waals surface area contributed by atoms with Crippen molar-refractivity contribution in [3.63, 3.8) is 0 Å². The molecule has 0 bridgehead atoms. The first-order valence-electron chi connectivity index (χ1n) is 5.79. The van der Waals surface area contributed by atoms with Crippen molar-refractivity contribution in [2.24, 2.45) is 0 Å². The molecule has 102 valence electrons. The largest absolute Gasteiger partial charge is 0.465 e. The maximum absolute atomic E-state index is 11.9. The fourth-order valence-corrected chi connectivity index (χ4v) is 1.90. The molecule has 0 aliphatic rings. The normalized spacial score (nSPS) is 11.2. The SMILES string of the molecule is COC(=O)/C(=C\c1ccccc1)c1cc(=O)[nH]c(=S)[nH]1. The van der Waals surface area contributed by atoms with Crippen molar-refractivity contribution in [2.75, 3.05) is 7.11 Å². The summed E-state index contributed by atoms with van der Waals surface area (Å²) in [6.07, 6.45) is 1.63. The zero-order valence-electron chi connectivity index (χ0n) is 10.7. The highest BCUT2D eigenvalue weighted by atomic mass is 32.1. The lowest BCUT2D eigenvalue weighted by Crippen LogP contribution is -2.12. The fraction of sp³-hybridized carbons (Fsp3) is 0.0714. The number of H-pyrrole nitrogens is 2. The van der Waals surface area contributed by atoms with Crippen LogP contribution in [-0.2, 0) is 9.53 Å². The number of nitrogens with one attached hydrogen (secondary N) is 2. The third-order valence-electron chi connectivity index (χ3n) is 2.57. The minimum absolute atomic E-state index is 0.148. The number of hydrogen-bond donors (Lipinski definition) is 2. The van der Waals surface area contributed by atoms with Crippen molar-refractivity contribution in [1.82, 2.24) is 9.97 Å². The van der Waals surface area contributed by atoms with Crippen LogP contribution in [0, 0.1) is 4.77 Å². The minimum Gasteiger partial charge on any atom is -0.465 e. The van der Waals surface area contributed by atoms with E-state index < -0.39 is 5.97 Å². The van der Waals surface area contributed by atoms with Gasteiger partial charge >= 0.3 is 5.97 Å². The first-order chi connectivity index (χ1) is 9.60. The fourth-order valence-electron chi connectivity index (χ4n) is 1.69. The first-order valence-corrected chi connectivity index (χ1v) is 6.20. The third kappa shape index (κ3) is 3.30. The Balaban J connectivity index is 2.59. The van der Waals surface area contributed by atoms with Crippen molar-refractivity contribution in [3.8, 4) is 0 Å². The van der Waals surface area contributed by atoms with Crippen LogP contribution >= 0.6 is 12.2 Å². The lowest BCUT2D eigenvalue weighted by Gasteiger charge is -2.05. The van der Waals surface area contributed by atoms with Gasteiger partial charge in [-0.25, -0.2) is 4.79 Å². The first kappa shape index (κ1) is 14.0. The van der Waals surface area contributed by atoms with Gasteiger partial charge in [-0.3, -0.25) is 9.78 Å². The minimum atomic E-state index is -0.551. The predicted molar refractivity (Wildman–Crippen MR) is 78.6 cm³/mol. The van der Waals surface area contributed by atoms with Gasteiger partial charge in [0.25, 0.3) is 5.56 Å². The second-order valence-corrected chi connectivity index (χ2v) is 4.37. The summed E-state index contributed by atoms with van der Waals surface area (Å²) in [6, 6.07) is 10.5. The Morgan fingerprint density at radius 2 is 1.95 bits per heavy atom. The van der Waals surface area contributed by atoms with Gasteiger partial charge in [-0.1, -0.05) is 30.3 Å². The smallest absolute Gasteiger partial charge is 0.339 e. The number of carbonyl (C=O) groups excluding carboxylic acids is 1. The van der Waals surface area contributed by atoms with Crippen molar-refractivity contribution >= 4 is 29.8 Å². The van der Waals surface area contributed by atoms with E-state index in [0.29, 0.717) is 5.69 Å². The molecular weight excluding hydrogens is 276 g/mol. The molecule has 2 N–H and O–H groups in total. The van der Waals surface area contributed by atoms with E-state index in [4.69, 9.17) is 17.0 Å². The average Bonchev–Trinajstić information content (AvgIpc) is 2.44. The summed E-state index contributed by atoms with van der Waals surface area (Å²) < 4.78 is 4.89. The maximum Gasteiger partial charge on any atom is 0.339 e. The van der Waals surface area contributed by atoms with Crippen LogP contribution in [0.1, 0.15) is 11.3 Å². The molecule has 0 amide bonds.